The van der Waals surface area contributed by atoms with E-state index in [-0.39, 0.29) is 18.9 Å². The van der Waals surface area contributed by atoms with Gasteiger partial charge >= 0.3 is 0 Å². The van der Waals surface area contributed by atoms with Crippen LogP contribution < -0.4 is 10.5 Å². The molecule has 5 heteroatoms. The number of nitrogens with two attached hydrogens (primary N) is 1. The summed E-state index contributed by atoms with van der Waals surface area (Å²) in [7, 11) is 0. The molecule has 3 rings (SSSR count). The minimum absolute atomic E-state index is 0.175. The van der Waals surface area contributed by atoms with Gasteiger partial charge in [-0.2, -0.15) is 0 Å². The van der Waals surface area contributed by atoms with E-state index in [4.69, 9.17) is 14.9 Å². The smallest absolute Gasteiger partial charge is 0.162 e. The van der Waals surface area contributed by atoms with Gasteiger partial charge in [-0.1, -0.05) is 18.2 Å². The summed E-state index contributed by atoms with van der Waals surface area (Å²) < 4.78 is 37.2. The standard InChI is InChI=1S/C16H13F2NO2/c17-13-6-5-10(7-14(13)18)20-9-12-11-3-1-2-4-15(11)21-16(12)8-19/h1-7H,8-9,19H2. The van der Waals surface area contributed by atoms with E-state index in [0.29, 0.717) is 5.76 Å². The van der Waals surface area contributed by atoms with Gasteiger partial charge in [0.2, 0.25) is 0 Å². The third-order valence-corrected chi connectivity index (χ3v) is 3.24. The van der Waals surface area contributed by atoms with Crippen molar-refractivity contribution < 1.29 is 17.9 Å². The first-order chi connectivity index (χ1) is 10.2. The molecule has 0 spiro atoms. The van der Waals surface area contributed by atoms with E-state index in [1.165, 1.54) is 6.07 Å². The molecule has 0 atom stereocenters. The topological polar surface area (TPSA) is 48.4 Å². The first kappa shape index (κ1) is 13.6. The predicted molar refractivity (Wildman–Crippen MR) is 74.8 cm³/mol. The number of hydrogen-bond donors (Lipinski definition) is 1. The van der Waals surface area contributed by atoms with Crippen LogP contribution in [0.4, 0.5) is 8.78 Å². The number of rotatable bonds is 4. The fourth-order valence-corrected chi connectivity index (χ4v) is 2.19. The van der Waals surface area contributed by atoms with Crippen molar-refractivity contribution in [2.75, 3.05) is 0 Å². The molecule has 0 aliphatic heterocycles. The van der Waals surface area contributed by atoms with E-state index < -0.39 is 11.6 Å². The van der Waals surface area contributed by atoms with Crippen LogP contribution in [0.3, 0.4) is 0 Å². The maximum atomic E-state index is 13.1. The van der Waals surface area contributed by atoms with E-state index >= 15 is 0 Å². The summed E-state index contributed by atoms with van der Waals surface area (Å²) in [5.41, 5.74) is 7.21. The molecule has 0 fully saturated rings. The Labute approximate surface area is 119 Å². The van der Waals surface area contributed by atoms with Crippen LogP contribution >= 0.6 is 0 Å². The Morgan fingerprint density at radius 2 is 1.86 bits per heavy atom. The van der Waals surface area contributed by atoms with Crippen LogP contribution in [0.25, 0.3) is 11.0 Å². The molecular weight excluding hydrogens is 276 g/mol. The lowest BCUT2D eigenvalue weighted by atomic mass is 10.1. The Balaban J connectivity index is 1.89. The summed E-state index contributed by atoms with van der Waals surface area (Å²) in [4.78, 5) is 0. The lowest BCUT2D eigenvalue weighted by Crippen LogP contribution is -2.02. The number of fused-ring (bicyclic) bond motifs is 1. The van der Waals surface area contributed by atoms with Gasteiger partial charge < -0.3 is 14.9 Å². The van der Waals surface area contributed by atoms with E-state index in [1.807, 2.05) is 24.3 Å². The van der Waals surface area contributed by atoms with Crippen molar-refractivity contribution in [1.29, 1.82) is 0 Å². The van der Waals surface area contributed by atoms with Crippen molar-refractivity contribution in [3.63, 3.8) is 0 Å². The van der Waals surface area contributed by atoms with E-state index in [2.05, 4.69) is 0 Å². The molecule has 3 nitrogen and oxygen atoms in total. The normalized spacial score (nSPS) is 11.0. The Bertz CT molecular complexity index is 783. The van der Waals surface area contributed by atoms with Crippen molar-refractivity contribution >= 4 is 11.0 Å². The molecule has 0 aliphatic rings. The molecule has 1 heterocycles. The second kappa shape index (κ2) is 5.54. The van der Waals surface area contributed by atoms with Crippen LogP contribution in [0, 0.1) is 11.6 Å². The number of ether oxygens (including phenoxy) is 1. The van der Waals surface area contributed by atoms with Crippen LogP contribution in [0.1, 0.15) is 11.3 Å². The molecule has 3 aromatic rings. The zero-order valence-electron chi connectivity index (χ0n) is 11.1. The van der Waals surface area contributed by atoms with Gasteiger partial charge in [0.25, 0.3) is 0 Å². The highest BCUT2D eigenvalue weighted by molar-refractivity contribution is 5.82. The highest BCUT2D eigenvalue weighted by Gasteiger charge is 2.13. The lowest BCUT2D eigenvalue weighted by Gasteiger charge is -2.06. The van der Waals surface area contributed by atoms with Gasteiger partial charge in [-0.05, 0) is 18.2 Å². The average Bonchev–Trinajstić information content (AvgIpc) is 2.86. The molecule has 108 valence electrons. The maximum absolute atomic E-state index is 13.1. The maximum Gasteiger partial charge on any atom is 0.162 e. The van der Waals surface area contributed by atoms with Crippen molar-refractivity contribution in [3.8, 4) is 5.75 Å². The summed E-state index contributed by atoms with van der Waals surface area (Å²) in [5.74, 6) is -0.969. The zero-order valence-corrected chi connectivity index (χ0v) is 11.1. The van der Waals surface area contributed by atoms with Gasteiger partial charge in [-0.15, -0.1) is 0 Å². The van der Waals surface area contributed by atoms with Gasteiger partial charge in [0.05, 0.1) is 6.54 Å². The molecule has 0 unspecified atom stereocenters. The highest BCUT2D eigenvalue weighted by Crippen LogP contribution is 2.27. The Kier molecular flexibility index (Phi) is 3.58. The van der Waals surface area contributed by atoms with Crippen LogP contribution in [-0.4, -0.2) is 0 Å². The molecule has 21 heavy (non-hydrogen) atoms. The summed E-state index contributed by atoms with van der Waals surface area (Å²) in [6.45, 7) is 0.416. The molecule has 0 saturated heterocycles. The lowest BCUT2D eigenvalue weighted by molar-refractivity contribution is 0.300. The number of hydrogen-bond acceptors (Lipinski definition) is 3. The van der Waals surface area contributed by atoms with Crippen molar-refractivity contribution in [2.45, 2.75) is 13.2 Å². The molecule has 2 N–H and O–H groups in total. The van der Waals surface area contributed by atoms with E-state index in [0.717, 1.165) is 28.7 Å². The summed E-state index contributed by atoms with van der Waals surface area (Å²) in [6.07, 6.45) is 0. The Morgan fingerprint density at radius 3 is 2.62 bits per heavy atom. The highest BCUT2D eigenvalue weighted by atomic mass is 19.2. The van der Waals surface area contributed by atoms with Crippen molar-refractivity contribution in [3.05, 3.63) is 65.4 Å². The van der Waals surface area contributed by atoms with Crippen molar-refractivity contribution in [1.82, 2.24) is 0 Å². The monoisotopic (exact) mass is 289 g/mol. The number of para-hydroxylation sites is 1. The fraction of sp³-hybridized carbons (Fsp3) is 0.125. The van der Waals surface area contributed by atoms with Crippen LogP contribution in [0.5, 0.6) is 5.75 Å². The molecule has 2 aromatic carbocycles. The minimum Gasteiger partial charge on any atom is -0.489 e. The SMILES string of the molecule is NCc1oc2ccccc2c1COc1ccc(F)c(F)c1. The summed E-state index contributed by atoms with van der Waals surface area (Å²) in [6, 6.07) is 10.9. The Morgan fingerprint density at radius 1 is 1.05 bits per heavy atom. The molecule has 0 amide bonds. The van der Waals surface area contributed by atoms with Crippen LogP contribution in [-0.2, 0) is 13.2 Å². The number of benzene rings is 2. The van der Waals surface area contributed by atoms with Gasteiger partial charge in [0, 0.05) is 17.0 Å². The van der Waals surface area contributed by atoms with Gasteiger partial charge in [-0.25, -0.2) is 8.78 Å². The Hall–Kier alpha value is -2.40. The van der Waals surface area contributed by atoms with Gasteiger partial charge in [0.15, 0.2) is 11.6 Å². The summed E-state index contributed by atoms with van der Waals surface area (Å²) >= 11 is 0. The van der Waals surface area contributed by atoms with Crippen LogP contribution in [0.2, 0.25) is 0 Å². The van der Waals surface area contributed by atoms with Gasteiger partial charge in [0.1, 0.15) is 23.7 Å². The quantitative estimate of drug-likeness (QED) is 0.795. The van der Waals surface area contributed by atoms with Crippen LogP contribution in [0.15, 0.2) is 46.9 Å². The van der Waals surface area contributed by atoms with Gasteiger partial charge in [-0.3, -0.25) is 0 Å². The molecule has 0 radical (unpaired) electrons. The second-order valence-electron chi connectivity index (χ2n) is 4.57. The molecular formula is C16H13F2NO2. The second-order valence-corrected chi connectivity index (χ2v) is 4.57. The number of furan rings is 1. The van der Waals surface area contributed by atoms with Crippen molar-refractivity contribution in [2.24, 2.45) is 5.73 Å². The predicted octanol–water partition coefficient (Wildman–Crippen LogP) is 3.75. The van der Waals surface area contributed by atoms with E-state index in [1.54, 1.807) is 0 Å². The molecule has 0 aliphatic carbocycles. The molecule has 0 bridgehead atoms. The molecule has 0 saturated carbocycles. The third-order valence-electron chi connectivity index (χ3n) is 3.24. The zero-order chi connectivity index (χ0) is 14.8. The fourth-order valence-electron chi connectivity index (χ4n) is 2.19. The third kappa shape index (κ3) is 2.60. The average molecular weight is 289 g/mol. The molecule has 1 aromatic heterocycles. The minimum atomic E-state index is -0.941. The van der Waals surface area contributed by atoms with E-state index in [9.17, 15) is 8.78 Å². The first-order valence-corrected chi connectivity index (χ1v) is 6.46. The summed E-state index contributed by atoms with van der Waals surface area (Å²) in [5, 5.41) is 0.903. The first-order valence-electron chi connectivity index (χ1n) is 6.46. The largest absolute Gasteiger partial charge is 0.489 e. The number of halogens is 2.